The highest BCUT2D eigenvalue weighted by molar-refractivity contribution is 5.35. The summed E-state index contributed by atoms with van der Waals surface area (Å²) in [5.41, 5.74) is 3.12. The topological polar surface area (TPSA) is 50.1 Å². The van der Waals surface area contributed by atoms with Gasteiger partial charge in [0.2, 0.25) is 0 Å². The van der Waals surface area contributed by atoms with Crippen molar-refractivity contribution in [3.8, 4) is 5.69 Å². The minimum atomic E-state index is -0.239. The molecule has 1 unspecified atom stereocenters. The highest BCUT2D eigenvalue weighted by Crippen LogP contribution is 2.27. The first-order valence-electron chi connectivity index (χ1n) is 8.76. The minimum absolute atomic E-state index is 0.217. The van der Waals surface area contributed by atoms with Crippen LogP contribution in [0.1, 0.15) is 49.9 Å². The van der Waals surface area contributed by atoms with Gasteiger partial charge in [-0.15, -0.1) is 0 Å². The van der Waals surface area contributed by atoms with Crippen molar-refractivity contribution in [1.82, 2.24) is 15.1 Å². The van der Waals surface area contributed by atoms with Gasteiger partial charge in [-0.05, 0) is 69.7 Å². The minimum Gasteiger partial charge on any atom is -0.396 e. The number of aromatic nitrogens is 2. The van der Waals surface area contributed by atoms with Gasteiger partial charge in [0.25, 0.3) is 0 Å². The number of halogens is 1. The molecule has 5 heteroatoms. The summed E-state index contributed by atoms with van der Waals surface area (Å²) in [5, 5.41) is 17.4. The second-order valence-electron chi connectivity index (χ2n) is 6.86. The van der Waals surface area contributed by atoms with Gasteiger partial charge >= 0.3 is 0 Å². The first kappa shape index (κ1) is 17.1. The number of nitrogens with one attached hydrogen (secondary N) is 1. The van der Waals surface area contributed by atoms with Gasteiger partial charge in [0.15, 0.2) is 0 Å². The average Bonchev–Trinajstić information content (AvgIpc) is 2.98. The summed E-state index contributed by atoms with van der Waals surface area (Å²) in [6.07, 6.45) is 6.31. The molecular weight excluding hydrogens is 305 g/mol. The van der Waals surface area contributed by atoms with Crippen LogP contribution in [0.4, 0.5) is 4.39 Å². The molecule has 1 aliphatic carbocycles. The van der Waals surface area contributed by atoms with Crippen molar-refractivity contribution in [1.29, 1.82) is 0 Å². The molecule has 4 nitrogen and oxygen atoms in total. The number of hydrogen-bond acceptors (Lipinski definition) is 3. The third-order valence-corrected chi connectivity index (χ3v) is 5.18. The maximum Gasteiger partial charge on any atom is 0.123 e. The second kappa shape index (κ2) is 7.45. The van der Waals surface area contributed by atoms with Crippen LogP contribution in [-0.2, 0) is 0 Å². The van der Waals surface area contributed by atoms with Gasteiger partial charge in [0.05, 0.1) is 11.9 Å². The van der Waals surface area contributed by atoms with E-state index in [2.05, 4.69) is 17.3 Å². The van der Waals surface area contributed by atoms with Gasteiger partial charge < -0.3 is 10.4 Å². The predicted molar refractivity (Wildman–Crippen MR) is 92.6 cm³/mol. The van der Waals surface area contributed by atoms with Crippen molar-refractivity contribution < 1.29 is 9.50 Å². The first-order valence-corrected chi connectivity index (χ1v) is 8.76. The maximum absolute atomic E-state index is 13.1. The molecule has 0 aliphatic heterocycles. The summed E-state index contributed by atoms with van der Waals surface area (Å²) in [6, 6.07) is 7.11. The number of hydrogen-bond donors (Lipinski definition) is 2. The standard InChI is InChI=1S/C19H26FN3O/c1-13(22-17-7-3-15(12-24)4-8-17)19-11-21-23(14(19)2)18-9-5-16(20)6-10-18/h5-6,9-11,13,15,17,22,24H,3-4,7-8,12H2,1-2H3. The zero-order valence-electron chi connectivity index (χ0n) is 14.4. The molecule has 1 saturated carbocycles. The largest absolute Gasteiger partial charge is 0.396 e. The molecule has 2 N–H and O–H groups in total. The van der Waals surface area contributed by atoms with Crippen LogP contribution in [0.5, 0.6) is 0 Å². The molecule has 1 heterocycles. The third-order valence-electron chi connectivity index (χ3n) is 5.18. The predicted octanol–water partition coefficient (Wildman–Crippen LogP) is 3.52. The van der Waals surface area contributed by atoms with E-state index in [1.165, 1.54) is 17.7 Å². The average molecular weight is 331 g/mol. The van der Waals surface area contributed by atoms with E-state index < -0.39 is 0 Å². The van der Waals surface area contributed by atoms with Crippen molar-refractivity contribution >= 4 is 0 Å². The Bertz CT molecular complexity index is 660. The number of aliphatic hydroxyl groups is 1. The van der Waals surface area contributed by atoms with Gasteiger partial charge in [-0.2, -0.15) is 5.10 Å². The smallest absolute Gasteiger partial charge is 0.123 e. The highest BCUT2D eigenvalue weighted by Gasteiger charge is 2.23. The van der Waals surface area contributed by atoms with Crippen LogP contribution >= 0.6 is 0 Å². The molecule has 0 bridgehead atoms. The number of nitrogens with zero attached hydrogens (tertiary/aromatic N) is 2. The Kier molecular flexibility index (Phi) is 5.31. The van der Waals surface area contributed by atoms with Crippen molar-refractivity contribution in [2.75, 3.05) is 6.61 Å². The SMILES string of the molecule is Cc1c(C(C)NC2CCC(CO)CC2)cnn1-c1ccc(F)cc1. The number of aliphatic hydroxyl groups excluding tert-OH is 1. The fourth-order valence-corrected chi connectivity index (χ4v) is 3.65. The molecule has 1 fully saturated rings. The van der Waals surface area contributed by atoms with Crippen LogP contribution in [0.2, 0.25) is 0 Å². The van der Waals surface area contributed by atoms with Crippen LogP contribution in [-0.4, -0.2) is 27.5 Å². The van der Waals surface area contributed by atoms with E-state index >= 15 is 0 Å². The molecule has 0 saturated heterocycles. The molecule has 0 amide bonds. The van der Waals surface area contributed by atoms with Crippen LogP contribution in [0, 0.1) is 18.7 Å². The molecule has 3 rings (SSSR count). The Hall–Kier alpha value is -1.72. The Morgan fingerprint density at radius 2 is 1.92 bits per heavy atom. The monoisotopic (exact) mass is 331 g/mol. The lowest BCUT2D eigenvalue weighted by Gasteiger charge is -2.30. The van der Waals surface area contributed by atoms with Gasteiger partial charge in [0, 0.05) is 29.9 Å². The lowest BCUT2D eigenvalue weighted by Crippen LogP contribution is -2.35. The Morgan fingerprint density at radius 1 is 1.25 bits per heavy atom. The van der Waals surface area contributed by atoms with E-state index in [4.69, 9.17) is 0 Å². The lowest BCUT2D eigenvalue weighted by molar-refractivity contribution is 0.172. The molecule has 1 aromatic heterocycles. The summed E-state index contributed by atoms with van der Waals surface area (Å²) in [4.78, 5) is 0. The van der Waals surface area contributed by atoms with Crippen molar-refractivity contribution in [3.05, 3.63) is 47.5 Å². The number of rotatable bonds is 5. The van der Waals surface area contributed by atoms with Crippen molar-refractivity contribution in [3.63, 3.8) is 0 Å². The molecule has 1 atom stereocenters. The van der Waals surface area contributed by atoms with Crippen molar-refractivity contribution in [2.24, 2.45) is 5.92 Å². The number of benzene rings is 1. The first-order chi connectivity index (χ1) is 11.6. The molecule has 1 aromatic carbocycles. The van der Waals surface area contributed by atoms with Crippen LogP contribution < -0.4 is 5.32 Å². The van der Waals surface area contributed by atoms with E-state index in [-0.39, 0.29) is 11.9 Å². The lowest BCUT2D eigenvalue weighted by atomic mass is 9.86. The fraction of sp³-hybridized carbons (Fsp3) is 0.526. The van der Waals surface area contributed by atoms with Crippen molar-refractivity contribution in [2.45, 2.75) is 51.6 Å². The second-order valence-corrected chi connectivity index (χ2v) is 6.86. The molecular formula is C19H26FN3O. The molecule has 0 radical (unpaired) electrons. The van der Waals surface area contributed by atoms with E-state index in [1.54, 1.807) is 12.1 Å². The van der Waals surface area contributed by atoms with Crippen LogP contribution in [0.3, 0.4) is 0 Å². The van der Waals surface area contributed by atoms with E-state index in [0.29, 0.717) is 18.6 Å². The Labute approximate surface area is 142 Å². The van der Waals surface area contributed by atoms with Crippen LogP contribution in [0.15, 0.2) is 30.5 Å². The summed E-state index contributed by atoms with van der Waals surface area (Å²) >= 11 is 0. The Morgan fingerprint density at radius 3 is 2.54 bits per heavy atom. The highest BCUT2D eigenvalue weighted by atomic mass is 19.1. The summed E-state index contributed by atoms with van der Waals surface area (Å²) in [7, 11) is 0. The molecule has 0 spiro atoms. The van der Waals surface area contributed by atoms with Crippen LogP contribution in [0.25, 0.3) is 5.69 Å². The zero-order valence-corrected chi connectivity index (χ0v) is 14.4. The summed E-state index contributed by atoms with van der Waals surface area (Å²) in [6.45, 7) is 4.52. The zero-order chi connectivity index (χ0) is 17.1. The molecule has 1 aliphatic rings. The molecule has 130 valence electrons. The van der Waals surface area contributed by atoms with Gasteiger partial charge in [0.1, 0.15) is 5.82 Å². The quantitative estimate of drug-likeness (QED) is 0.881. The Balaban J connectivity index is 1.68. The van der Waals surface area contributed by atoms with Gasteiger partial charge in [-0.3, -0.25) is 0 Å². The van der Waals surface area contributed by atoms with E-state index in [0.717, 1.165) is 37.1 Å². The molecule has 2 aromatic rings. The maximum atomic E-state index is 13.1. The molecule has 24 heavy (non-hydrogen) atoms. The van der Waals surface area contributed by atoms with E-state index in [1.807, 2.05) is 17.8 Å². The normalized spacial score (nSPS) is 22.5. The summed E-state index contributed by atoms with van der Waals surface area (Å²) < 4.78 is 15.0. The van der Waals surface area contributed by atoms with Gasteiger partial charge in [-0.25, -0.2) is 9.07 Å². The van der Waals surface area contributed by atoms with E-state index in [9.17, 15) is 9.50 Å². The summed E-state index contributed by atoms with van der Waals surface area (Å²) in [5.74, 6) is 0.235. The fourth-order valence-electron chi connectivity index (χ4n) is 3.65. The van der Waals surface area contributed by atoms with Gasteiger partial charge in [-0.1, -0.05) is 0 Å². The third kappa shape index (κ3) is 3.68.